The fraction of sp³-hybridized carbons (Fsp3) is 0.400. The molecule has 2 N–H and O–H groups in total. The Labute approximate surface area is 122 Å². The topological polar surface area (TPSA) is 43.8 Å². The van der Waals surface area contributed by atoms with Crippen LogP contribution in [-0.2, 0) is 6.54 Å². The van der Waals surface area contributed by atoms with Crippen LogP contribution >= 0.6 is 15.9 Å². The van der Waals surface area contributed by atoms with Gasteiger partial charge < -0.3 is 5.73 Å². The molecule has 4 heteroatoms. The average molecular weight is 322 g/mol. The minimum atomic E-state index is -0.148. The lowest BCUT2D eigenvalue weighted by molar-refractivity contribution is 0.557. The van der Waals surface area contributed by atoms with Gasteiger partial charge in [0.2, 0.25) is 0 Å². The van der Waals surface area contributed by atoms with E-state index in [1.54, 1.807) is 0 Å². The van der Waals surface area contributed by atoms with Crippen LogP contribution in [0.3, 0.4) is 0 Å². The Hall–Kier alpha value is -1.13. The fourth-order valence-electron chi connectivity index (χ4n) is 2.53. The summed E-state index contributed by atoms with van der Waals surface area (Å²) in [5, 5.41) is 4.40. The third kappa shape index (κ3) is 2.74. The summed E-state index contributed by atoms with van der Waals surface area (Å²) in [5.41, 5.74) is 11.2. The van der Waals surface area contributed by atoms with Gasteiger partial charge in [-0.05, 0) is 52.9 Å². The summed E-state index contributed by atoms with van der Waals surface area (Å²) in [7, 11) is 0. The van der Waals surface area contributed by atoms with E-state index in [1.165, 1.54) is 16.7 Å². The Balaban J connectivity index is 2.50. The van der Waals surface area contributed by atoms with Crippen LogP contribution in [0.1, 0.15) is 41.8 Å². The standard InChI is InChI=1S/C15H20BrN3/c1-4-8-19-15(12(16)9-18-19)14(17)13-10(2)6-5-7-11(13)3/h5-7,9,14H,4,8,17H2,1-3H3. The molecular weight excluding hydrogens is 302 g/mol. The molecule has 1 unspecified atom stereocenters. The fourth-order valence-corrected chi connectivity index (χ4v) is 3.07. The van der Waals surface area contributed by atoms with Gasteiger partial charge in [0.25, 0.3) is 0 Å². The van der Waals surface area contributed by atoms with Crippen molar-refractivity contribution in [3.8, 4) is 0 Å². The lowest BCUT2D eigenvalue weighted by Gasteiger charge is -2.19. The van der Waals surface area contributed by atoms with Gasteiger partial charge in [-0.2, -0.15) is 5.10 Å². The summed E-state index contributed by atoms with van der Waals surface area (Å²) < 4.78 is 2.98. The van der Waals surface area contributed by atoms with E-state index in [9.17, 15) is 0 Å². The summed E-state index contributed by atoms with van der Waals surface area (Å²) >= 11 is 3.57. The summed E-state index contributed by atoms with van der Waals surface area (Å²) in [6.45, 7) is 7.25. The third-order valence-corrected chi connectivity index (χ3v) is 4.03. The highest BCUT2D eigenvalue weighted by atomic mass is 79.9. The molecule has 0 radical (unpaired) electrons. The number of rotatable bonds is 4. The maximum Gasteiger partial charge on any atom is 0.0739 e. The SMILES string of the molecule is CCCn1ncc(Br)c1C(N)c1c(C)cccc1C. The predicted octanol–water partition coefficient (Wildman–Crippen LogP) is 3.72. The van der Waals surface area contributed by atoms with Gasteiger partial charge in [-0.1, -0.05) is 25.1 Å². The average Bonchev–Trinajstić information content (AvgIpc) is 2.70. The second-order valence-corrected chi connectivity index (χ2v) is 5.74. The van der Waals surface area contributed by atoms with Gasteiger partial charge in [-0.25, -0.2) is 0 Å². The summed E-state index contributed by atoms with van der Waals surface area (Å²) in [5.74, 6) is 0. The van der Waals surface area contributed by atoms with Crippen molar-refractivity contribution >= 4 is 15.9 Å². The van der Waals surface area contributed by atoms with Gasteiger partial charge >= 0.3 is 0 Å². The second kappa shape index (κ2) is 5.88. The van der Waals surface area contributed by atoms with Crippen LogP contribution in [0.5, 0.6) is 0 Å². The Morgan fingerprint density at radius 3 is 2.53 bits per heavy atom. The molecule has 0 aliphatic carbocycles. The number of aryl methyl sites for hydroxylation is 3. The Morgan fingerprint density at radius 1 is 1.32 bits per heavy atom. The zero-order valence-corrected chi connectivity index (χ0v) is 13.2. The molecule has 0 saturated heterocycles. The largest absolute Gasteiger partial charge is 0.319 e. The molecule has 1 heterocycles. The molecule has 0 saturated carbocycles. The number of nitrogens with zero attached hydrogens (tertiary/aromatic N) is 2. The number of benzene rings is 1. The van der Waals surface area contributed by atoms with Crippen molar-refractivity contribution < 1.29 is 0 Å². The Bertz CT molecular complexity index is 555. The van der Waals surface area contributed by atoms with Crippen molar-refractivity contribution in [3.05, 3.63) is 51.3 Å². The van der Waals surface area contributed by atoms with Crippen LogP contribution in [0.15, 0.2) is 28.9 Å². The van der Waals surface area contributed by atoms with E-state index in [1.807, 2.05) is 10.9 Å². The van der Waals surface area contributed by atoms with Crippen LogP contribution in [-0.4, -0.2) is 9.78 Å². The quantitative estimate of drug-likeness (QED) is 0.932. The Kier molecular flexibility index (Phi) is 4.42. The molecule has 2 rings (SSSR count). The van der Waals surface area contributed by atoms with E-state index in [-0.39, 0.29) is 6.04 Å². The predicted molar refractivity (Wildman–Crippen MR) is 82.2 cm³/mol. The van der Waals surface area contributed by atoms with Gasteiger partial charge in [-0.3, -0.25) is 4.68 Å². The molecule has 102 valence electrons. The summed E-state index contributed by atoms with van der Waals surface area (Å²) in [4.78, 5) is 0. The van der Waals surface area contributed by atoms with Crippen LogP contribution in [0.25, 0.3) is 0 Å². The first-order chi connectivity index (χ1) is 9.06. The first kappa shape index (κ1) is 14.3. The highest BCUT2D eigenvalue weighted by Gasteiger charge is 2.20. The zero-order valence-electron chi connectivity index (χ0n) is 11.7. The lowest BCUT2D eigenvalue weighted by Crippen LogP contribution is -2.20. The summed E-state index contributed by atoms with van der Waals surface area (Å²) in [6, 6.07) is 6.14. The molecule has 0 spiro atoms. The van der Waals surface area contributed by atoms with Gasteiger partial charge in [-0.15, -0.1) is 0 Å². The molecule has 0 fully saturated rings. The minimum absolute atomic E-state index is 0.148. The molecule has 0 aliphatic heterocycles. The normalized spacial score (nSPS) is 12.7. The molecule has 3 nitrogen and oxygen atoms in total. The third-order valence-electron chi connectivity index (χ3n) is 3.42. The first-order valence-electron chi connectivity index (χ1n) is 6.59. The van der Waals surface area contributed by atoms with Gasteiger partial charge in [0.05, 0.1) is 22.4 Å². The molecule has 1 atom stereocenters. The van der Waals surface area contributed by atoms with Crippen LogP contribution in [0.2, 0.25) is 0 Å². The van der Waals surface area contributed by atoms with E-state index in [0.29, 0.717) is 0 Å². The lowest BCUT2D eigenvalue weighted by atomic mass is 9.94. The van der Waals surface area contributed by atoms with Crippen LogP contribution in [0, 0.1) is 13.8 Å². The van der Waals surface area contributed by atoms with Crippen molar-refractivity contribution in [2.45, 2.75) is 39.8 Å². The van der Waals surface area contributed by atoms with E-state index >= 15 is 0 Å². The molecule has 0 aliphatic rings. The van der Waals surface area contributed by atoms with Gasteiger partial charge in [0.1, 0.15) is 0 Å². The van der Waals surface area contributed by atoms with Crippen molar-refractivity contribution in [2.24, 2.45) is 5.73 Å². The highest BCUT2D eigenvalue weighted by molar-refractivity contribution is 9.10. The maximum absolute atomic E-state index is 6.50. The molecule has 19 heavy (non-hydrogen) atoms. The minimum Gasteiger partial charge on any atom is -0.319 e. The van der Waals surface area contributed by atoms with Gasteiger partial charge in [0.15, 0.2) is 0 Å². The van der Waals surface area contributed by atoms with Crippen molar-refractivity contribution in [2.75, 3.05) is 0 Å². The van der Waals surface area contributed by atoms with Crippen molar-refractivity contribution in [3.63, 3.8) is 0 Å². The first-order valence-corrected chi connectivity index (χ1v) is 7.38. The molecule has 0 amide bonds. The monoisotopic (exact) mass is 321 g/mol. The Morgan fingerprint density at radius 2 is 1.95 bits per heavy atom. The van der Waals surface area contributed by atoms with Gasteiger partial charge in [0, 0.05) is 6.54 Å². The molecule has 1 aromatic heterocycles. The number of nitrogens with two attached hydrogens (primary N) is 1. The van der Waals surface area contributed by atoms with E-state index < -0.39 is 0 Å². The van der Waals surface area contributed by atoms with Crippen LogP contribution < -0.4 is 5.73 Å². The van der Waals surface area contributed by atoms with Crippen LogP contribution in [0.4, 0.5) is 0 Å². The molecular formula is C15H20BrN3. The number of aromatic nitrogens is 2. The van der Waals surface area contributed by atoms with E-state index in [2.05, 4.69) is 60.0 Å². The number of hydrogen-bond donors (Lipinski definition) is 1. The number of halogens is 1. The van der Waals surface area contributed by atoms with E-state index in [4.69, 9.17) is 5.73 Å². The maximum atomic E-state index is 6.50. The van der Waals surface area contributed by atoms with E-state index in [0.717, 1.165) is 23.1 Å². The molecule has 2 aromatic rings. The zero-order chi connectivity index (χ0) is 14.0. The van der Waals surface area contributed by atoms with Crippen molar-refractivity contribution in [1.82, 2.24) is 9.78 Å². The highest BCUT2D eigenvalue weighted by Crippen LogP contribution is 2.30. The smallest absolute Gasteiger partial charge is 0.0739 e. The molecule has 1 aromatic carbocycles. The van der Waals surface area contributed by atoms with Crippen molar-refractivity contribution in [1.29, 1.82) is 0 Å². The molecule has 0 bridgehead atoms. The number of hydrogen-bond acceptors (Lipinski definition) is 2. The summed E-state index contributed by atoms with van der Waals surface area (Å²) in [6.07, 6.45) is 2.87. The second-order valence-electron chi connectivity index (χ2n) is 4.88.